The Kier molecular flexibility index (Phi) is 4.99. The second-order valence-electron chi connectivity index (χ2n) is 6.03. The highest BCUT2D eigenvalue weighted by molar-refractivity contribution is 5.84. The highest BCUT2D eigenvalue weighted by atomic mass is 19.4. The molecule has 0 radical (unpaired) electrons. The van der Waals surface area contributed by atoms with E-state index in [4.69, 9.17) is 0 Å². The van der Waals surface area contributed by atoms with Crippen LogP contribution < -0.4 is 5.32 Å². The molecule has 0 saturated carbocycles. The topological polar surface area (TPSA) is 65.1 Å². The summed E-state index contributed by atoms with van der Waals surface area (Å²) in [5.74, 6) is -1.01. The molecule has 1 aromatic heterocycles. The van der Waals surface area contributed by atoms with Crippen LogP contribution >= 0.6 is 0 Å². The van der Waals surface area contributed by atoms with E-state index in [1.807, 2.05) is 24.3 Å². The number of para-hydroxylation sites is 1. The van der Waals surface area contributed by atoms with Gasteiger partial charge in [-0.25, -0.2) is 0 Å². The van der Waals surface area contributed by atoms with E-state index < -0.39 is 23.8 Å². The molecule has 0 aliphatic carbocycles. The van der Waals surface area contributed by atoms with Crippen LogP contribution in [0.5, 0.6) is 0 Å². The molecule has 1 atom stereocenters. The first kappa shape index (κ1) is 18.0. The third kappa shape index (κ3) is 4.05. The maximum atomic E-state index is 12.6. The molecule has 26 heavy (non-hydrogen) atoms. The molecule has 7 heteroatoms. The van der Waals surface area contributed by atoms with Gasteiger partial charge in [-0.15, -0.1) is 0 Å². The summed E-state index contributed by atoms with van der Waals surface area (Å²) >= 11 is 0. The molecule has 0 saturated heterocycles. The summed E-state index contributed by atoms with van der Waals surface area (Å²) in [5.41, 5.74) is 1.65. The standard InChI is InChI=1S/C19H17F3N2O2/c20-19(21,22)14-7-5-12(6-8-14)10-23-17(18(25)26)9-13-11-24-16-4-2-1-3-15(13)16/h1-8,11,17,23-24H,9-10H2,(H,25,26). The van der Waals surface area contributed by atoms with E-state index >= 15 is 0 Å². The lowest BCUT2D eigenvalue weighted by molar-refractivity contribution is -0.139. The molecule has 0 bridgehead atoms. The van der Waals surface area contributed by atoms with Crippen LogP contribution in [0.1, 0.15) is 16.7 Å². The zero-order chi connectivity index (χ0) is 18.7. The molecule has 0 fully saturated rings. The van der Waals surface area contributed by atoms with Crippen LogP contribution in [-0.2, 0) is 23.9 Å². The van der Waals surface area contributed by atoms with Crippen molar-refractivity contribution >= 4 is 16.9 Å². The number of benzene rings is 2. The Balaban J connectivity index is 1.68. The Morgan fingerprint density at radius 2 is 1.81 bits per heavy atom. The van der Waals surface area contributed by atoms with Gasteiger partial charge in [0, 0.05) is 30.1 Å². The lowest BCUT2D eigenvalue weighted by Gasteiger charge is -2.15. The minimum atomic E-state index is -4.38. The SMILES string of the molecule is O=C(O)C(Cc1c[nH]c2ccccc12)NCc1ccc(C(F)(F)F)cc1. The van der Waals surface area contributed by atoms with Crippen molar-refractivity contribution in [3.8, 4) is 0 Å². The van der Waals surface area contributed by atoms with Crippen molar-refractivity contribution in [2.24, 2.45) is 0 Å². The molecule has 0 spiro atoms. The summed E-state index contributed by atoms with van der Waals surface area (Å²) < 4.78 is 37.7. The molecule has 0 aliphatic heterocycles. The largest absolute Gasteiger partial charge is 0.480 e. The average Bonchev–Trinajstić information content (AvgIpc) is 3.01. The van der Waals surface area contributed by atoms with Crippen LogP contribution in [0.4, 0.5) is 13.2 Å². The van der Waals surface area contributed by atoms with E-state index in [1.54, 1.807) is 6.20 Å². The number of rotatable bonds is 6. The van der Waals surface area contributed by atoms with Crippen LogP contribution in [0, 0.1) is 0 Å². The van der Waals surface area contributed by atoms with Crippen LogP contribution in [0.25, 0.3) is 10.9 Å². The Morgan fingerprint density at radius 1 is 1.12 bits per heavy atom. The van der Waals surface area contributed by atoms with Crippen molar-refractivity contribution in [3.63, 3.8) is 0 Å². The predicted octanol–water partition coefficient (Wildman–Crippen LogP) is 3.97. The summed E-state index contributed by atoms with van der Waals surface area (Å²) in [6.45, 7) is 0.164. The average molecular weight is 362 g/mol. The third-order valence-electron chi connectivity index (χ3n) is 4.23. The van der Waals surface area contributed by atoms with Crippen molar-refractivity contribution in [1.82, 2.24) is 10.3 Å². The van der Waals surface area contributed by atoms with Gasteiger partial charge in [-0.2, -0.15) is 13.2 Å². The fourth-order valence-corrected chi connectivity index (χ4v) is 2.82. The molecule has 1 heterocycles. The molecule has 0 aliphatic rings. The number of aromatic nitrogens is 1. The molecule has 136 valence electrons. The van der Waals surface area contributed by atoms with Gasteiger partial charge in [0.15, 0.2) is 0 Å². The number of carboxylic acids is 1. The normalized spacial score (nSPS) is 13.0. The minimum Gasteiger partial charge on any atom is -0.480 e. The number of alkyl halides is 3. The Morgan fingerprint density at radius 3 is 2.46 bits per heavy atom. The van der Waals surface area contributed by atoms with Gasteiger partial charge < -0.3 is 15.4 Å². The molecule has 3 N–H and O–H groups in total. The molecule has 1 unspecified atom stereocenters. The van der Waals surface area contributed by atoms with Gasteiger partial charge in [0.25, 0.3) is 0 Å². The van der Waals surface area contributed by atoms with Gasteiger partial charge in [-0.1, -0.05) is 30.3 Å². The molecule has 3 rings (SSSR count). The number of hydrogen-bond acceptors (Lipinski definition) is 2. The zero-order valence-corrected chi connectivity index (χ0v) is 13.7. The first-order valence-electron chi connectivity index (χ1n) is 8.02. The highest BCUT2D eigenvalue weighted by Crippen LogP contribution is 2.29. The highest BCUT2D eigenvalue weighted by Gasteiger charge is 2.30. The number of aliphatic carboxylic acids is 1. The summed E-state index contributed by atoms with van der Waals surface area (Å²) in [6.07, 6.45) is -2.34. The van der Waals surface area contributed by atoms with Gasteiger partial charge >= 0.3 is 12.1 Å². The summed E-state index contributed by atoms with van der Waals surface area (Å²) in [7, 11) is 0. The number of H-pyrrole nitrogens is 1. The van der Waals surface area contributed by atoms with E-state index in [9.17, 15) is 23.1 Å². The van der Waals surface area contributed by atoms with Crippen LogP contribution in [0.2, 0.25) is 0 Å². The van der Waals surface area contributed by atoms with Crippen molar-refractivity contribution in [3.05, 3.63) is 71.4 Å². The van der Waals surface area contributed by atoms with Crippen LogP contribution in [-0.4, -0.2) is 22.1 Å². The van der Waals surface area contributed by atoms with E-state index in [-0.39, 0.29) is 13.0 Å². The Hall–Kier alpha value is -2.80. The second-order valence-corrected chi connectivity index (χ2v) is 6.03. The first-order chi connectivity index (χ1) is 12.3. The van der Waals surface area contributed by atoms with Crippen LogP contribution in [0.3, 0.4) is 0 Å². The van der Waals surface area contributed by atoms with Crippen molar-refractivity contribution in [1.29, 1.82) is 0 Å². The molecule has 2 aromatic carbocycles. The fourth-order valence-electron chi connectivity index (χ4n) is 2.82. The number of carboxylic acid groups (broad SMARTS) is 1. The van der Waals surface area contributed by atoms with E-state index in [0.29, 0.717) is 5.56 Å². The number of carbonyl (C=O) groups is 1. The van der Waals surface area contributed by atoms with Gasteiger partial charge in [-0.3, -0.25) is 4.79 Å². The quantitative estimate of drug-likeness (QED) is 0.622. The van der Waals surface area contributed by atoms with E-state index in [1.165, 1.54) is 12.1 Å². The van der Waals surface area contributed by atoms with E-state index in [0.717, 1.165) is 28.6 Å². The first-order valence-corrected chi connectivity index (χ1v) is 8.02. The number of fused-ring (bicyclic) bond motifs is 1. The Bertz CT molecular complexity index is 901. The monoisotopic (exact) mass is 362 g/mol. The van der Waals surface area contributed by atoms with E-state index in [2.05, 4.69) is 10.3 Å². The molecular formula is C19H17F3N2O2. The van der Waals surface area contributed by atoms with Crippen molar-refractivity contribution < 1.29 is 23.1 Å². The predicted molar refractivity (Wildman–Crippen MR) is 91.7 cm³/mol. The summed E-state index contributed by atoms with van der Waals surface area (Å²) in [6, 6.07) is 11.4. The van der Waals surface area contributed by atoms with Gasteiger partial charge in [-0.05, 0) is 29.3 Å². The lowest BCUT2D eigenvalue weighted by atomic mass is 10.0. The summed E-state index contributed by atoms with van der Waals surface area (Å²) in [5, 5.41) is 13.3. The smallest absolute Gasteiger partial charge is 0.416 e. The van der Waals surface area contributed by atoms with Crippen molar-refractivity contribution in [2.45, 2.75) is 25.2 Å². The van der Waals surface area contributed by atoms with Crippen LogP contribution in [0.15, 0.2) is 54.7 Å². The molecule has 0 amide bonds. The fraction of sp³-hybridized carbons (Fsp3) is 0.211. The minimum absolute atomic E-state index is 0.164. The second kappa shape index (κ2) is 7.21. The van der Waals surface area contributed by atoms with Gasteiger partial charge in [0.05, 0.1) is 5.56 Å². The number of hydrogen-bond donors (Lipinski definition) is 3. The number of halogens is 3. The molecule has 4 nitrogen and oxygen atoms in total. The number of aromatic amines is 1. The maximum absolute atomic E-state index is 12.6. The molecular weight excluding hydrogens is 345 g/mol. The maximum Gasteiger partial charge on any atom is 0.416 e. The lowest BCUT2D eigenvalue weighted by Crippen LogP contribution is -2.38. The van der Waals surface area contributed by atoms with Gasteiger partial charge in [0.2, 0.25) is 0 Å². The van der Waals surface area contributed by atoms with Crippen molar-refractivity contribution in [2.75, 3.05) is 0 Å². The number of nitrogens with one attached hydrogen (secondary N) is 2. The van der Waals surface area contributed by atoms with Gasteiger partial charge in [0.1, 0.15) is 6.04 Å². The zero-order valence-electron chi connectivity index (χ0n) is 13.7. The molecule has 3 aromatic rings. The third-order valence-corrected chi connectivity index (χ3v) is 4.23. The Labute approximate surface area is 147 Å². The summed E-state index contributed by atoms with van der Waals surface area (Å²) in [4.78, 5) is 14.6.